The van der Waals surface area contributed by atoms with E-state index in [9.17, 15) is 4.79 Å². The van der Waals surface area contributed by atoms with Crippen LogP contribution in [0.25, 0.3) is 0 Å². The number of benzene rings is 1. The Morgan fingerprint density at radius 3 is 3.05 bits per heavy atom. The quantitative estimate of drug-likeness (QED) is 0.572. The predicted molar refractivity (Wildman–Crippen MR) is 85.2 cm³/mol. The van der Waals surface area contributed by atoms with Crippen LogP contribution in [-0.2, 0) is 4.79 Å². The third-order valence-electron chi connectivity index (χ3n) is 2.42. The maximum atomic E-state index is 11.7. The molecular weight excluding hydrogens is 280 g/mol. The minimum Gasteiger partial charge on any atom is -0.325 e. The van der Waals surface area contributed by atoms with Crippen molar-refractivity contribution in [3.63, 3.8) is 0 Å². The van der Waals surface area contributed by atoms with E-state index in [2.05, 4.69) is 17.2 Å². The van der Waals surface area contributed by atoms with Crippen LogP contribution in [-0.4, -0.2) is 30.5 Å². The molecule has 0 saturated heterocycles. The van der Waals surface area contributed by atoms with Gasteiger partial charge in [0.05, 0.1) is 6.54 Å². The molecule has 0 aliphatic heterocycles. The van der Waals surface area contributed by atoms with Gasteiger partial charge in [-0.25, -0.2) is 0 Å². The molecule has 0 aliphatic rings. The van der Waals surface area contributed by atoms with Gasteiger partial charge in [-0.2, -0.15) is 11.8 Å². The summed E-state index contributed by atoms with van der Waals surface area (Å²) in [6.07, 6.45) is 1.87. The Bertz CT molecular complexity index is 437. The number of carbonyl (C=O) groups excluding carboxylic acids is 1. The van der Waals surface area contributed by atoms with Crippen molar-refractivity contribution < 1.29 is 4.79 Å². The zero-order valence-corrected chi connectivity index (χ0v) is 12.6. The van der Waals surface area contributed by atoms with E-state index >= 15 is 0 Å². The van der Waals surface area contributed by atoms with Crippen molar-refractivity contribution in [2.75, 3.05) is 29.9 Å². The van der Waals surface area contributed by atoms with Gasteiger partial charge >= 0.3 is 0 Å². The fourth-order valence-electron chi connectivity index (χ4n) is 1.44. The lowest BCUT2D eigenvalue weighted by Crippen LogP contribution is -2.29. The van der Waals surface area contributed by atoms with Crippen LogP contribution in [0.5, 0.6) is 0 Å². The molecule has 0 bridgehead atoms. The predicted octanol–water partition coefficient (Wildman–Crippen LogP) is 3.10. The van der Waals surface area contributed by atoms with Crippen molar-refractivity contribution >= 4 is 35.0 Å². The molecule has 0 fully saturated rings. The van der Waals surface area contributed by atoms with Crippen molar-refractivity contribution in [1.82, 2.24) is 5.32 Å². The number of rotatable bonds is 8. The van der Waals surface area contributed by atoms with Gasteiger partial charge in [0, 0.05) is 28.8 Å². The first-order valence-electron chi connectivity index (χ1n) is 6.09. The van der Waals surface area contributed by atoms with Crippen LogP contribution in [0.1, 0.15) is 5.56 Å². The normalized spacial score (nSPS) is 10.2. The number of thioether (sulfide) groups is 1. The van der Waals surface area contributed by atoms with E-state index in [0.717, 1.165) is 29.3 Å². The minimum absolute atomic E-state index is 0.0564. The van der Waals surface area contributed by atoms with E-state index in [1.165, 1.54) is 0 Å². The maximum Gasteiger partial charge on any atom is 0.238 e. The molecule has 104 valence electrons. The van der Waals surface area contributed by atoms with Gasteiger partial charge in [-0.05, 0) is 24.6 Å². The number of halogens is 1. The summed E-state index contributed by atoms with van der Waals surface area (Å²) in [6.45, 7) is 6.70. The summed E-state index contributed by atoms with van der Waals surface area (Å²) in [7, 11) is 0. The number of hydrogen-bond acceptors (Lipinski definition) is 3. The van der Waals surface area contributed by atoms with Gasteiger partial charge < -0.3 is 10.6 Å². The zero-order valence-electron chi connectivity index (χ0n) is 11.0. The second-order valence-electron chi connectivity index (χ2n) is 4.05. The number of anilines is 1. The first-order chi connectivity index (χ1) is 9.13. The van der Waals surface area contributed by atoms with Gasteiger partial charge in [0.15, 0.2) is 0 Å². The highest BCUT2D eigenvalue weighted by Crippen LogP contribution is 2.19. The molecule has 1 aromatic carbocycles. The topological polar surface area (TPSA) is 41.1 Å². The second-order valence-corrected chi connectivity index (χ2v) is 5.63. The van der Waals surface area contributed by atoms with E-state index in [-0.39, 0.29) is 5.91 Å². The summed E-state index contributed by atoms with van der Waals surface area (Å²) < 4.78 is 0. The summed E-state index contributed by atoms with van der Waals surface area (Å²) in [6, 6.07) is 5.45. The lowest BCUT2D eigenvalue weighted by molar-refractivity contribution is -0.115. The summed E-state index contributed by atoms with van der Waals surface area (Å²) in [5.41, 5.74) is 1.76. The number of amides is 1. The third kappa shape index (κ3) is 6.66. The van der Waals surface area contributed by atoms with E-state index < -0.39 is 0 Å². The third-order valence-corrected chi connectivity index (χ3v) is 3.62. The van der Waals surface area contributed by atoms with Crippen molar-refractivity contribution in [2.24, 2.45) is 0 Å². The monoisotopic (exact) mass is 298 g/mol. The highest BCUT2D eigenvalue weighted by atomic mass is 35.5. The van der Waals surface area contributed by atoms with Crippen LogP contribution < -0.4 is 10.6 Å². The Morgan fingerprint density at radius 2 is 2.32 bits per heavy atom. The molecule has 3 nitrogen and oxygen atoms in total. The number of nitrogens with one attached hydrogen (secondary N) is 2. The fraction of sp³-hybridized carbons (Fsp3) is 0.357. The van der Waals surface area contributed by atoms with E-state index in [1.807, 2.05) is 25.1 Å². The SMILES string of the molecule is C=CCSCCNCC(=O)Nc1cc(Cl)ccc1C. The van der Waals surface area contributed by atoms with Crippen LogP contribution in [0.2, 0.25) is 5.02 Å². The Labute approximate surface area is 123 Å². The number of hydrogen-bond donors (Lipinski definition) is 2. The highest BCUT2D eigenvalue weighted by Gasteiger charge is 2.04. The van der Waals surface area contributed by atoms with E-state index in [4.69, 9.17) is 11.6 Å². The van der Waals surface area contributed by atoms with Gasteiger partial charge in [-0.3, -0.25) is 4.79 Å². The van der Waals surface area contributed by atoms with E-state index in [0.29, 0.717) is 11.6 Å². The van der Waals surface area contributed by atoms with Gasteiger partial charge in [0.25, 0.3) is 0 Å². The second kappa shape index (κ2) is 9.02. The van der Waals surface area contributed by atoms with Gasteiger partial charge in [-0.1, -0.05) is 23.7 Å². The average Bonchev–Trinajstić information content (AvgIpc) is 2.38. The average molecular weight is 299 g/mol. The van der Waals surface area contributed by atoms with E-state index in [1.54, 1.807) is 17.8 Å². The number of carbonyl (C=O) groups is 1. The summed E-state index contributed by atoms with van der Waals surface area (Å²) in [4.78, 5) is 11.7. The van der Waals surface area contributed by atoms with Gasteiger partial charge in [0.1, 0.15) is 0 Å². The Kier molecular flexibility index (Phi) is 7.63. The molecule has 5 heteroatoms. The molecule has 0 atom stereocenters. The van der Waals surface area contributed by atoms with Crippen LogP contribution in [0.15, 0.2) is 30.9 Å². The first-order valence-corrected chi connectivity index (χ1v) is 7.62. The summed E-state index contributed by atoms with van der Waals surface area (Å²) >= 11 is 7.68. The molecule has 1 rings (SSSR count). The molecule has 0 unspecified atom stereocenters. The molecular formula is C14H19ClN2OS. The molecule has 2 N–H and O–H groups in total. The molecule has 0 radical (unpaired) electrons. The largest absolute Gasteiger partial charge is 0.325 e. The maximum absolute atomic E-state index is 11.7. The fourth-order valence-corrected chi connectivity index (χ4v) is 2.23. The highest BCUT2D eigenvalue weighted by molar-refractivity contribution is 7.99. The van der Waals surface area contributed by atoms with Crippen LogP contribution in [0, 0.1) is 6.92 Å². The molecule has 0 spiro atoms. The molecule has 0 aromatic heterocycles. The molecule has 0 saturated carbocycles. The van der Waals surface area contributed by atoms with Crippen LogP contribution in [0.4, 0.5) is 5.69 Å². The molecule has 19 heavy (non-hydrogen) atoms. The zero-order chi connectivity index (χ0) is 14.1. The summed E-state index contributed by atoms with van der Waals surface area (Å²) in [5.74, 6) is 1.85. The molecule has 0 heterocycles. The van der Waals surface area contributed by atoms with Crippen molar-refractivity contribution in [3.05, 3.63) is 41.4 Å². The molecule has 1 aromatic rings. The van der Waals surface area contributed by atoms with Gasteiger partial charge in [0.2, 0.25) is 5.91 Å². The van der Waals surface area contributed by atoms with Crippen molar-refractivity contribution in [1.29, 1.82) is 0 Å². The Hall–Kier alpha value is -0.970. The smallest absolute Gasteiger partial charge is 0.238 e. The Balaban J connectivity index is 2.27. The van der Waals surface area contributed by atoms with Crippen molar-refractivity contribution in [2.45, 2.75) is 6.92 Å². The van der Waals surface area contributed by atoms with Crippen molar-refractivity contribution in [3.8, 4) is 0 Å². The lowest BCUT2D eigenvalue weighted by atomic mass is 10.2. The standard InChI is InChI=1S/C14H19ClN2OS/c1-3-7-19-8-6-16-10-14(18)17-13-9-12(15)5-4-11(13)2/h3-5,9,16H,1,6-8,10H2,2H3,(H,17,18). The lowest BCUT2D eigenvalue weighted by Gasteiger charge is -2.09. The number of aryl methyl sites for hydroxylation is 1. The van der Waals surface area contributed by atoms with Crippen LogP contribution in [0.3, 0.4) is 0 Å². The molecule has 1 amide bonds. The van der Waals surface area contributed by atoms with Crippen LogP contribution >= 0.6 is 23.4 Å². The first kappa shape index (κ1) is 16.1. The summed E-state index contributed by atoms with van der Waals surface area (Å²) in [5, 5.41) is 6.56. The Morgan fingerprint density at radius 1 is 1.53 bits per heavy atom. The molecule has 0 aliphatic carbocycles. The van der Waals surface area contributed by atoms with Gasteiger partial charge in [-0.15, -0.1) is 6.58 Å². The minimum atomic E-state index is -0.0564.